The minimum atomic E-state index is -4.71. The molecule has 0 saturated carbocycles. The summed E-state index contributed by atoms with van der Waals surface area (Å²) in [6.07, 6.45) is -4.17. The van der Waals surface area contributed by atoms with E-state index in [-0.39, 0.29) is 5.57 Å². The molecule has 1 aliphatic carbocycles. The Morgan fingerprint density at radius 3 is 2.63 bits per heavy atom. The van der Waals surface area contributed by atoms with Gasteiger partial charge in [0.15, 0.2) is 6.10 Å². The Kier molecular flexibility index (Phi) is 3.53. The fourth-order valence-corrected chi connectivity index (χ4v) is 2.58. The van der Waals surface area contributed by atoms with Crippen molar-refractivity contribution in [1.82, 2.24) is 0 Å². The van der Waals surface area contributed by atoms with Crippen LogP contribution in [0.1, 0.15) is 20.3 Å². The SMILES string of the molecule is CC1(C)C[C@H](O)C2C=C(C(O)C(F)(F)F)C=CC2O1. The van der Waals surface area contributed by atoms with Crippen LogP contribution in [-0.4, -0.2) is 40.3 Å². The van der Waals surface area contributed by atoms with Crippen molar-refractivity contribution in [2.75, 3.05) is 0 Å². The van der Waals surface area contributed by atoms with Gasteiger partial charge in [-0.3, -0.25) is 0 Å². The quantitative estimate of drug-likeness (QED) is 0.771. The molecule has 19 heavy (non-hydrogen) atoms. The van der Waals surface area contributed by atoms with Crippen molar-refractivity contribution in [3.63, 3.8) is 0 Å². The summed E-state index contributed by atoms with van der Waals surface area (Å²) in [6.45, 7) is 3.65. The highest BCUT2D eigenvalue weighted by molar-refractivity contribution is 5.32. The van der Waals surface area contributed by atoms with Crippen LogP contribution >= 0.6 is 0 Å². The van der Waals surface area contributed by atoms with Crippen molar-refractivity contribution >= 4 is 0 Å². The molecule has 1 saturated heterocycles. The van der Waals surface area contributed by atoms with Gasteiger partial charge >= 0.3 is 6.18 Å². The molecule has 3 nitrogen and oxygen atoms in total. The molecule has 0 radical (unpaired) electrons. The number of alkyl halides is 3. The molecule has 2 rings (SSSR count). The first-order valence-electron chi connectivity index (χ1n) is 6.11. The molecule has 2 aliphatic rings. The number of ether oxygens (including phenoxy) is 1. The average Bonchev–Trinajstić information content (AvgIpc) is 2.25. The van der Waals surface area contributed by atoms with E-state index in [0.29, 0.717) is 6.42 Å². The highest BCUT2D eigenvalue weighted by Gasteiger charge is 2.44. The number of aliphatic hydroxyl groups is 2. The van der Waals surface area contributed by atoms with E-state index in [4.69, 9.17) is 4.74 Å². The lowest BCUT2D eigenvalue weighted by molar-refractivity contribution is -0.191. The van der Waals surface area contributed by atoms with Gasteiger partial charge in [-0.2, -0.15) is 13.2 Å². The zero-order valence-electron chi connectivity index (χ0n) is 10.7. The van der Waals surface area contributed by atoms with Gasteiger partial charge < -0.3 is 14.9 Å². The van der Waals surface area contributed by atoms with E-state index in [1.807, 2.05) is 13.8 Å². The summed E-state index contributed by atoms with van der Waals surface area (Å²) >= 11 is 0. The van der Waals surface area contributed by atoms with Crippen molar-refractivity contribution in [2.24, 2.45) is 5.92 Å². The van der Waals surface area contributed by atoms with Crippen LogP contribution < -0.4 is 0 Å². The van der Waals surface area contributed by atoms with E-state index in [0.717, 1.165) is 0 Å². The average molecular weight is 278 g/mol. The monoisotopic (exact) mass is 278 g/mol. The minimum absolute atomic E-state index is 0.240. The summed E-state index contributed by atoms with van der Waals surface area (Å²) in [6, 6.07) is 0. The molecule has 0 amide bonds. The second-order valence-corrected chi connectivity index (χ2v) is 5.66. The van der Waals surface area contributed by atoms with Gasteiger partial charge in [0, 0.05) is 12.3 Å². The Morgan fingerprint density at radius 1 is 1.42 bits per heavy atom. The van der Waals surface area contributed by atoms with Gasteiger partial charge in [0.05, 0.1) is 17.8 Å². The first kappa shape index (κ1) is 14.6. The van der Waals surface area contributed by atoms with E-state index >= 15 is 0 Å². The fraction of sp³-hybridized carbons (Fsp3) is 0.692. The van der Waals surface area contributed by atoms with Gasteiger partial charge in [-0.05, 0) is 19.4 Å². The van der Waals surface area contributed by atoms with Gasteiger partial charge in [0.2, 0.25) is 0 Å². The zero-order chi connectivity index (χ0) is 14.4. The van der Waals surface area contributed by atoms with Gasteiger partial charge in [0.1, 0.15) is 0 Å². The summed E-state index contributed by atoms with van der Waals surface area (Å²) < 4.78 is 43.1. The van der Waals surface area contributed by atoms with E-state index in [1.54, 1.807) is 0 Å². The molecule has 4 atom stereocenters. The number of fused-ring (bicyclic) bond motifs is 1. The molecule has 0 bridgehead atoms. The second-order valence-electron chi connectivity index (χ2n) is 5.66. The topological polar surface area (TPSA) is 49.7 Å². The Hall–Kier alpha value is -0.850. The van der Waals surface area contributed by atoms with Crippen molar-refractivity contribution in [3.8, 4) is 0 Å². The van der Waals surface area contributed by atoms with Crippen LogP contribution in [0.5, 0.6) is 0 Å². The van der Waals surface area contributed by atoms with E-state index < -0.39 is 36.0 Å². The molecule has 1 fully saturated rings. The van der Waals surface area contributed by atoms with E-state index in [9.17, 15) is 23.4 Å². The van der Waals surface area contributed by atoms with Crippen molar-refractivity contribution in [3.05, 3.63) is 23.8 Å². The largest absolute Gasteiger partial charge is 0.418 e. The van der Waals surface area contributed by atoms with Crippen LogP contribution in [0.4, 0.5) is 13.2 Å². The first-order chi connectivity index (χ1) is 8.60. The molecule has 2 N–H and O–H groups in total. The normalized spacial score (nSPS) is 35.5. The zero-order valence-corrected chi connectivity index (χ0v) is 10.7. The number of aliphatic hydroxyl groups excluding tert-OH is 2. The number of halogens is 3. The third kappa shape index (κ3) is 3.01. The molecule has 0 spiro atoms. The highest BCUT2D eigenvalue weighted by atomic mass is 19.4. The van der Waals surface area contributed by atoms with Crippen LogP contribution in [0.3, 0.4) is 0 Å². The first-order valence-corrected chi connectivity index (χ1v) is 6.11. The van der Waals surface area contributed by atoms with Gasteiger partial charge in [-0.15, -0.1) is 0 Å². The lowest BCUT2D eigenvalue weighted by Gasteiger charge is -2.43. The molecular formula is C13H17F3O3. The fourth-order valence-electron chi connectivity index (χ4n) is 2.58. The third-order valence-corrected chi connectivity index (χ3v) is 3.47. The molecule has 1 heterocycles. The smallest absolute Gasteiger partial charge is 0.392 e. The number of rotatable bonds is 1. The molecule has 1 aliphatic heterocycles. The maximum Gasteiger partial charge on any atom is 0.418 e. The van der Waals surface area contributed by atoms with Crippen LogP contribution in [0, 0.1) is 5.92 Å². The Labute approximate surface area is 109 Å². The van der Waals surface area contributed by atoms with Gasteiger partial charge in [0.25, 0.3) is 0 Å². The lowest BCUT2D eigenvalue weighted by Crippen LogP contribution is -2.48. The maximum atomic E-state index is 12.5. The molecule has 3 unspecified atom stereocenters. The molecule has 0 aromatic rings. The van der Waals surface area contributed by atoms with Crippen LogP contribution in [-0.2, 0) is 4.74 Å². The van der Waals surface area contributed by atoms with Crippen LogP contribution in [0.15, 0.2) is 23.8 Å². The number of hydrogen-bond donors (Lipinski definition) is 2. The van der Waals surface area contributed by atoms with Crippen LogP contribution in [0.25, 0.3) is 0 Å². The van der Waals surface area contributed by atoms with E-state index in [1.165, 1.54) is 18.2 Å². The van der Waals surface area contributed by atoms with Gasteiger partial charge in [-0.1, -0.05) is 18.2 Å². The second kappa shape index (κ2) is 4.61. The third-order valence-electron chi connectivity index (χ3n) is 3.47. The summed E-state index contributed by atoms with van der Waals surface area (Å²) in [5.74, 6) is -0.551. The Morgan fingerprint density at radius 2 is 2.05 bits per heavy atom. The standard InChI is InChI=1S/C13H17F3O3/c1-12(2)6-9(17)8-5-7(3-4-10(8)19-12)11(18)13(14,15)16/h3-5,8-11,17-18H,6H2,1-2H3/t8?,9-,10?,11?/m0/s1. The molecule has 108 valence electrons. The summed E-state index contributed by atoms with van der Waals surface area (Å²) in [4.78, 5) is 0. The summed E-state index contributed by atoms with van der Waals surface area (Å²) in [5, 5.41) is 19.2. The van der Waals surface area contributed by atoms with Crippen LogP contribution in [0.2, 0.25) is 0 Å². The van der Waals surface area contributed by atoms with Crippen molar-refractivity contribution in [2.45, 2.75) is 50.4 Å². The Balaban J connectivity index is 2.20. The summed E-state index contributed by atoms with van der Waals surface area (Å²) in [7, 11) is 0. The van der Waals surface area contributed by atoms with Gasteiger partial charge in [-0.25, -0.2) is 0 Å². The van der Waals surface area contributed by atoms with E-state index in [2.05, 4.69) is 0 Å². The highest BCUT2D eigenvalue weighted by Crippen LogP contribution is 2.38. The molecule has 0 aromatic carbocycles. The maximum absolute atomic E-state index is 12.5. The predicted molar refractivity (Wildman–Crippen MR) is 62.4 cm³/mol. The molecule has 0 aromatic heterocycles. The molecular weight excluding hydrogens is 261 g/mol. The number of hydrogen-bond acceptors (Lipinski definition) is 3. The minimum Gasteiger partial charge on any atom is -0.392 e. The van der Waals surface area contributed by atoms with Crippen molar-refractivity contribution in [1.29, 1.82) is 0 Å². The molecule has 6 heteroatoms. The lowest BCUT2D eigenvalue weighted by atomic mass is 9.80. The Bertz CT molecular complexity index is 412. The van der Waals surface area contributed by atoms with Crippen molar-refractivity contribution < 1.29 is 28.1 Å². The predicted octanol–water partition coefficient (Wildman–Crippen LogP) is 1.95. The summed E-state index contributed by atoms with van der Waals surface area (Å²) in [5.41, 5.74) is -0.755.